The fraction of sp³-hybridized carbons (Fsp3) is 0.562. The molecule has 2 atom stereocenters. The van der Waals surface area contributed by atoms with Crippen LogP contribution in [0, 0.1) is 11.3 Å². The van der Waals surface area contributed by atoms with Crippen LogP contribution in [0.15, 0.2) is 24.3 Å². The lowest BCUT2D eigenvalue weighted by molar-refractivity contribution is -0.122. The van der Waals surface area contributed by atoms with E-state index in [1.54, 1.807) is 12.1 Å². The Morgan fingerprint density at radius 2 is 1.94 bits per heavy atom. The van der Waals surface area contributed by atoms with Crippen LogP contribution in [0.25, 0.3) is 0 Å². The van der Waals surface area contributed by atoms with Crippen LogP contribution in [-0.4, -0.2) is 10.9 Å². The van der Waals surface area contributed by atoms with Gasteiger partial charge in [0.1, 0.15) is 11.5 Å². The molecule has 1 aliphatic rings. The lowest BCUT2D eigenvalue weighted by Crippen LogP contribution is -2.28. The van der Waals surface area contributed by atoms with Gasteiger partial charge in [0.2, 0.25) is 0 Å². The van der Waals surface area contributed by atoms with E-state index < -0.39 is 0 Å². The highest BCUT2D eigenvalue weighted by molar-refractivity contribution is 5.87. The van der Waals surface area contributed by atoms with E-state index in [-0.39, 0.29) is 22.9 Å². The number of carbonyl (C=O) groups is 1. The molecule has 0 amide bonds. The van der Waals surface area contributed by atoms with Crippen LogP contribution in [0.5, 0.6) is 5.75 Å². The number of aromatic hydroxyl groups is 1. The van der Waals surface area contributed by atoms with Crippen molar-refractivity contribution in [2.24, 2.45) is 11.3 Å². The van der Waals surface area contributed by atoms with Crippen molar-refractivity contribution in [3.8, 4) is 5.75 Å². The van der Waals surface area contributed by atoms with E-state index in [4.69, 9.17) is 0 Å². The third kappa shape index (κ3) is 2.43. The number of phenols is 1. The molecule has 0 bridgehead atoms. The Morgan fingerprint density at radius 3 is 2.61 bits per heavy atom. The molecule has 2 heteroatoms. The number of para-hydroxylation sites is 1. The fourth-order valence-corrected chi connectivity index (χ4v) is 3.41. The van der Waals surface area contributed by atoms with Crippen molar-refractivity contribution >= 4 is 5.78 Å². The number of phenolic OH excluding ortho intramolecular Hbond substituents is 1. The molecule has 2 unspecified atom stereocenters. The maximum absolute atomic E-state index is 12.4. The third-order valence-electron chi connectivity index (χ3n) is 4.11. The summed E-state index contributed by atoms with van der Waals surface area (Å²) in [5.41, 5.74) is 0.702. The molecule has 18 heavy (non-hydrogen) atoms. The third-order valence-corrected chi connectivity index (χ3v) is 4.11. The van der Waals surface area contributed by atoms with E-state index >= 15 is 0 Å². The summed E-state index contributed by atoms with van der Waals surface area (Å²) in [7, 11) is 0. The van der Waals surface area contributed by atoms with E-state index in [0.717, 1.165) is 18.4 Å². The molecule has 1 aliphatic carbocycles. The first-order valence-electron chi connectivity index (χ1n) is 6.72. The van der Waals surface area contributed by atoms with Crippen molar-refractivity contribution in [1.82, 2.24) is 0 Å². The highest BCUT2D eigenvalue weighted by atomic mass is 16.3. The molecule has 1 saturated carbocycles. The second kappa shape index (κ2) is 4.75. The first-order chi connectivity index (χ1) is 8.42. The number of Topliss-reactive ketones (excluding diaryl/α,β-unsaturated/α-hetero) is 1. The smallest absolute Gasteiger partial charge is 0.141 e. The molecule has 0 saturated heterocycles. The Labute approximate surface area is 109 Å². The predicted octanol–water partition coefficient (Wildman–Crippen LogP) is 3.89. The lowest BCUT2D eigenvalue weighted by Gasteiger charge is -2.33. The van der Waals surface area contributed by atoms with Gasteiger partial charge < -0.3 is 5.11 Å². The van der Waals surface area contributed by atoms with Gasteiger partial charge in [0.25, 0.3) is 0 Å². The van der Waals surface area contributed by atoms with Crippen molar-refractivity contribution in [2.75, 3.05) is 0 Å². The molecule has 1 aromatic carbocycles. The minimum absolute atomic E-state index is 0.0914. The van der Waals surface area contributed by atoms with E-state index in [2.05, 4.69) is 20.8 Å². The summed E-state index contributed by atoms with van der Waals surface area (Å²) in [4.78, 5) is 12.4. The SMILES string of the molecule is CC1CCC(=O)C(c2ccccc2O)C(C)(C)C1. The number of hydrogen-bond donors (Lipinski definition) is 1. The molecule has 0 aromatic heterocycles. The molecular weight excluding hydrogens is 224 g/mol. The Morgan fingerprint density at radius 1 is 1.28 bits per heavy atom. The van der Waals surface area contributed by atoms with Gasteiger partial charge in [-0.3, -0.25) is 4.79 Å². The molecule has 2 rings (SSSR count). The second-order valence-corrected chi connectivity index (χ2v) is 6.29. The summed E-state index contributed by atoms with van der Waals surface area (Å²) >= 11 is 0. The largest absolute Gasteiger partial charge is 0.508 e. The first-order valence-corrected chi connectivity index (χ1v) is 6.72. The van der Waals surface area contributed by atoms with E-state index in [1.807, 2.05) is 12.1 Å². The van der Waals surface area contributed by atoms with Gasteiger partial charge in [0, 0.05) is 12.0 Å². The zero-order chi connectivity index (χ0) is 13.3. The van der Waals surface area contributed by atoms with Crippen molar-refractivity contribution in [2.45, 2.75) is 46.0 Å². The van der Waals surface area contributed by atoms with Gasteiger partial charge >= 0.3 is 0 Å². The van der Waals surface area contributed by atoms with Gasteiger partial charge in [-0.15, -0.1) is 0 Å². The maximum Gasteiger partial charge on any atom is 0.141 e. The Balaban J connectivity index is 2.45. The van der Waals surface area contributed by atoms with Crippen molar-refractivity contribution in [3.63, 3.8) is 0 Å². The Kier molecular flexibility index (Phi) is 3.47. The number of carbonyl (C=O) groups excluding carboxylic acids is 1. The standard InChI is InChI=1S/C16H22O2/c1-11-8-9-14(18)15(16(2,3)10-11)12-6-4-5-7-13(12)17/h4-7,11,15,17H,8-10H2,1-3H3. The summed E-state index contributed by atoms with van der Waals surface area (Å²) in [6.45, 7) is 6.50. The van der Waals surface area contributed by atoms with Gasteiger partial charge in [0.15, 0.2) is 0 Å². The number of hydrogen-bond acceptors (Lipinski definition) is 2. The molecule has 0 aliphatic heterocycles. The average Bonchev–Trinajstić information content (AvgIpc) is 2.37. The number of benzene rings is 1. The lowest BCUT2D eigenvalue weighted by atomic mass is 9.70. The quantitative estimate of drug-likeness (QED) is 0.763. The van der Waals surface area contributed by atoms with E-state index in [9.17, 15) is 9.90 Å². The Hall–Kier alpha value is -1.31. The molecule has 0 spiro atoms. The molecular formula is C16H22O2. The minimum Gasteiger partial charge on any atom is -0.508 e. The highest BCUT2D eigenvalue weighted by Crippen LogP contribution is 2.47. The predicted molar refractivity (Wildman–Crippen MR) is 72.7 cm³/mol. The van der Waals surface area contributed by atoms with Crippen molar-refractivity contribution < 1.29 is 9.90 Å². The van der Waals surface area contributed by atoms with Crippen LogP contribution in [0.3, 0.4) is 0 Å². The van der Waals surface area contributed by atoms with Crippen LogP contribution < -0.4 is 0 Å². The van der Waals surface area contributed by atoms with Gasteiger partial charge in [0.05, 0.1) is 5.92 Å². The topological polar surface area (TPSA) is 37.3 Å². The minimum atomic E-state index is -0.177. The van der Waals surface area contributed by atoms with Crippen molar-refractivity contribution in [3.05, 3.63) is 29.8 Å². The van der Waals surface area contributed by atoms with Crippen LogP contribution >= 0.6 is 0 Å². The fourth-order valence-electron chi connectivity index (χ4n) is 3.41. The summed E-state index contributed by atoms with van der Waals surface area (Å²) < 4.78 is 0. The highest BCUT2D eigenvalue weighted by Gasteiger charge is 2.40. The summed E-state index contributed by atoms with van der Waals surface area (Å²) in [6, 6.07) is 7.25. The Bertz CT molecular complexity index is 448. The van der Waals surface area contributed by atoms with Gasteiger partial charge in [-0.05, 0) is 30.2 Å². The van der Waals surface area contributed by atoms with Crippen LogP contribution in [0.4, 0.5) is 0 Å². The average molecular weight is 246 g/mol. The van der Waals surface area contributed by atoms with Crippen molar-refractivity contribution in [1.29, 1.82) is 0 Å². The van der Waals surface area contributed by atoms with Gasteiger partial charge in [-0.25, -0.2) is 0 Å². The summed E-state index contributed by atoms with van der Waals surface area (Å²) in [5.74, 6) is 0.910. The molecule has 0 radical (unpaired) electrons. The zero-order valence-corrected chi connectivity index (χ0v) is 11.4. The molecule has 1 N–H and O–H groups in total. The monoisotopic (exact) mass is 246 g/mol. The van der Waals surface area contributed by atoms with E-state index in [0.29, 0.717) is 12.3 Å². The van der Waals surface area contributed by atoms with E-state index in [1.165, 1.54) is 0 Å². The second-order valence-electron chi connectivity index (χ2n) is 6.29. The van der Waals surface area contributed by atoms with Crippen LogP contribution in [0.2, 0.25) is 0 Å². The molecule has 2 nitrogen and oxygen atoms in total. The number of ketones is 1. The summed E-state index contributed by atoms with van der Waals surface area (Å²) in [6.07, 6.45) is 2.62. The molecule has 98 valence electrons. The van der Waals surface area contributed by atoms with Gasteiger partial charge in [-0.2, -0.15) is 0 Å². The molecule has 0 heterocycles. The molecule has 1 aromatic rings. The maximum atomic E-state index is 12.4. The normalized spacial score (nSPS) is 27.8. The van der Waals surface area contributed by atoms with Gasteiger partial charge in [-0.1, -0.05) is 39.0 Å². The van der Waals surface area contributed by atoms with Crippen LogP contribution in [-0.2, 0) is 4.79 Å². The van der Waals surface area contributed by atoms with Crippen LogP contribution in [0.1, 0.15) is 51.5 Å². The summed E-state index contributed by atoms with van der Waals surface area (Å²) in [5, 5.41) is 10.0. The molecule has 1 fully saturated rings. The number of rotatable bonds is 1. The first kappa shape index (κ1) is 13.1. The zero-order valence-electron chi connectivity index (χ0n) is 11.4.